The number of hydroxylamine groups is 1. The van der Waals surface area contributed by atoms with Crippen LogP contribution in [-0.4, -0.2) is 25.6 Å². The van der Waals surface area contributed by atoms with Gasteiger partial charge in [0.05, 0.1) is 10.9 Å². The number of aromatic nitrogens is 3. The lowest BCUT2D eigenvalue weighted by Gasteiger charge is -2.11. The predicted molar refractivity (Wildman–Crippen MR) is 87.8 cm³/mol. The third-order valence-corrected chi connectivity index (χ3v) is 3.64. The van der Waals surface area contributed by atoms with Crippen molar-refractivity contribution in [1.29, 1.82) is 0 Å². The van der Waals surface area contributed by atoms with Crippen molar-refractivity contribution in [2.45, 2.75) is 6.54 Å². The van der Waals surface area contributed by atoms with Gasteiger partial charge in [0.2, 0.25) is 5.95 Å². The molecular formula is C16H15N5O3. The number of amides is 1. The van der Waals surface area contributed by atoms with Crippen LogP contribution in [0.3, 0.4) is 0 Å². The van der Waals surface area contributed by atoms with E-state index in [1.165, 1.54) is 22.8 Å². The van der Waals surface area contributed by atoms with Crippen molar-refractivity contribution in [3.63, 3.8) is 0 Å². The normalized spacial score (nSPS) is 10.6. The van der Waals surface area contributed by atoms with Crippen molar-refractivity contribution in [3.8, 4) is 0 Å². The summed E-state index contributed by atoms with van der Waals surface area (Å²) in [6.45, 7) is 0.477. The Morgan fingerprint density at radius 3 is 2.71 bits per heavy atom. The fourth-order valence-corrected chi connectivity index (χ4v) is 2.32. The Balaban J connectivity index is 1.99. The number of fused-ring (bicyclic) bond motifs is 1. The van der Waals surface area contributed by atoms with Crippen molar-refractivity contribution in [2.75, 3.05) is 5.32 Å². The molecule has 0 aliphatic heterocycles. The lowest BCUT2D eigenvalue weighted by Crippen LogP contribution is -2.23. The number of anilines is 1. The van der Waals surface area contributed by atoms with E-state index < -0.39 is 5.91 Å². The maximum Gasteiger partial charge on any atom is 0.274 e. The van der Waals surface area contributed by atoms with E-state index >= 15 is 0 Å². The zero-order chi connectivity index (χ0) is 17.1. The first-order valence-electron chi connectivity index (χ1n) is 7.18. The molecule has 0 aliphatic rings. The fourth-order valence-electron chi connectivity index (χ4n) is 2.32. The van der Waals surface area contributed by atoms with Gasteiger partial charge in [-0.15, -0.1) is 0 Å². The molecule has 3 rings (SSSR count). The highest BCUT2D eigenvalue weighted by Crippen LogP contribution is 2.14. The zero-order valence-corrected chi connectivity index (χ0v) is 12.9. The number of nitrogens with zero attached hydrogens (tertiary/aromatic N) is 3. The van der Waals surface area contributed by atoms with Crippen LogP contribution < -0.4 is 16.4 Å². The second-order valence-corrected chi connectivity index (χ2v) is 5.18. The van der Waals surface area contributed by atoms with Crippen molar-refractivity contribution in [2.24, 2.45) is 7.05 Å². The summed E-state index contributed by atoms with van der Waals surface area (Å²) in [5, 5.41) is 12.2. The minimum Gasteiger partial charge on any atom is -0.351 e. The quantitative estimate of drug-likeness (QED) is 0.489. The van der Waals surface area contributed by atoms with E-state index in [9.17, 15) is 9.59 Å². The topological polar surface area (TPSA) is 109 Å². The Morgan fingerprint density at radius 1 is 1.25 bits per heavy atom. The maximum atomic E-state index is 12.4. The molecule has 8 heteroatoms. The van der Waals surface area contributed by atoms with E-state index in [-0.39, 0.29) is 11.1 Å². The first-order chi connectivity index (χ1) is 11.6. The maximum absolute atomic E-state index is 12.4. The average molecular weight is 325 g/mol. The Bertz CT molecular complexity index is 953. The molecule has 0 fully saturated rings. The number of benzene rings is 1. The largest absolute Gasteiger partial charge is 0.351 e. The van der Waals surface area contributed by atoms with Crippen LogP contribution in [-0.2, 0) is 13.6 Å². The van der Waals surface area contributed by atoms with Gasteiger partial charge in [0.15, 0.2) is 0 Å². The molecule has 0 saturated heterocycles. The van der Waals surface area contributed by atoms with Gasteiger partial charge in [-0.25, -0.2) is 10.5 Å². The predicted octanol–water partition coefficient (Wildman–Crippen LogP) is 1.06. The Labute approximate surface area is 136 Å². The van der Waals surface area contributed by atoms with Crippen LogP contribution in [0.5, 0.6) is 0 Å². The minimum absolute atomic E-state index is 0.214. The van der Waals surface area contributed by atoms with E-state index in [2.05, 4.69) is 15.3 Å². The molecule has 1 aromatic carbocycles. The molecule has 3 N–H and O–H groups in total. The fraction of sp³-hybridized carbons (Fsp3) is 0.125. The summed E-state index contributed by atoms with van der Waals surface area (Å²) in [6.07, 6.45) is 3.37. The summed E-state index contributed by atoms with van der Waals surface area (Å²) in [4.78, 5) is 32.3. The summed E-state index contributed by atoms with van der Waals surface area (Å²) in [7, 11) is 1.62. The van der Waals surface area contributed by atoms with E-state index in [1.54, 1.807) is 24.9 Å². The lowest BCUT2D eigenvalue weighted by atomic mass is 10.1. The number of pyridine rings is 1. The number of hydrogen-bond acceptors (Lipinski definition) is 6. The number of nitrogens with one attached hydrogen (secondary N) is 2. The monoisotopic (exact) mass is 325 g/mol. The van der Waals surface area contributed by atoms with Gasteiger partial charge in [-0.3, -0.25) is 24.3 Å². The van der Waals surface area contributed by atoms with Crippen molar-refractivity contribution < 1.29 is 10.0 Å². The molecule has 24 heavy (non-hydrogen) atoms. The number of hydrogen-bond donors (Lipinski definition) is 3. The van der Waals surface area contributed by atoms with Crippen LogP contribution in [0, 0.1) is 0 Å². The summed E-state index contributed by atoms with van der Waals surface area (Å²) >= 11 is 0. The summed E-state index contributed by atoms with van der Waals surface area (Å²) in [6, 6.07) is 8.15. The highest BCUT2D eigenvalue weighted by Gasteiger charge is 2.11. The van der Waals surface area contributed by atoms with E-state index in [1.807, 2.05) is 12.1 Å². The lowest BCUT2D eigenvalue weighted by molar-refractivity contribution is 0.0706. The molecule has 2 aromatic heterocycles. The van der Waals surface area contributed by atoms with Gasteiger partial charge in [-0.05, 0) is 35.9 Å². The van der Waals surface area contributed by atoms with Gasteiger partial charge in [0.25, 0.3) is 11.5 Å². The molecule has 0 aliphatic carbocycles. The third-order valence-electron chi connectivity index (χ3n) is 3.64. The van der Waals surface area contributed by atoms with Gasteiger partial charge >= 0.3 is 0 Å². The van der Waals surface area contributed by atoms with Crippen LogP contribution in [0.25, 0.3) is 10.9 Å². The summed E-state index contributed by atoms with van der Waals surface area (Å²) in [5.41, 5.74) is 2.91. The molecule has 0 spiro atoms. The summed E-state index contributed by atoms with van der Waals surface area (Å²) in [5.74, 6) is -0.281. The molecule has 0 bridgehead atoms. The molecular weight excluding hydrogens is 310 g/mol. The van der Waals surface area contributed by atoms with Gasteiger partial charge < -0.3 is 5.32 Å². The average Bonchev–Trinajstić information content (AvgIpc) is 2.63. The van der Waals surface area contributed by atoms with Gasteiger partial charge in [-0.1, -0.05) is 0 Å². The van der Waals surface area contributed by atoms with Crippen LogP contribution >= 0.6 is 0 Å². The molecule has 0 saturated carbocycles. The van der Waals surface area contributed by atoms with Crippen LogP contribution in [0.15, 0.2) is 47.5 Å². The minimum atomic E-state index is -0.661. The molecule has 0 atom stereocenters. The van der Waals surface area contributed by atoms with Crippen LogP contribution in [0.4, 0.5) is 5.95 Å². The molecule has 3 aromatic rings. The molecule has 1 amide bonds. The second kappa shape index (κ2) is 6.47. The van der Waals surface area contributed by atoms with Crippen molar-refractivity contribution in [1.82, 2.24) is 20.0 Å². The van der Waals surface area contributed by atoms with Gasteiger partial charge in [-0.2, -0.15) is 0 Å². The molecule has 8 nitrogen and oxygen atoms in total. The Morgan fingerprint density at radius 2 is 2.00 bits per heavy atom. The highest BCUT2D eigenvalue weighted by atomic mass is 16.5. The first-order valence-corrected chi connectivity index (χ1v) is 7.18. The zero-order valence-electron chi connectivity index (χ0n) is 12.9. The first kappa shape index (κ1) is 15.6. The second-order valence-electron chi connectivity index (χ2n) is 5.18. The van der Waals surface area contributed by atoms with Crippen LogP contribution in [0.2, 0.25) is 0 Å². The van der Waals surface area contributed by atoms with Gasteiger partial charge in [0, 0.05) is 31.5 Å². The number of carbonyl (C=O) groups is 1. The molecule has 2 heterocycles. The number of rotatable bonds is 4. The van der Waals surface area contributed by atoms with E-state index in [0.29, 0.717) is 23.4 Å². The third kappa shape index (κ3) is 2.95. The summed E-state index contributed by atoms with van der Waals surface area (Å²) < 4.78 is 1.41. The smallest absolute Gasteiger partial charge is 0.274 e. The Hall–Kier alpha value is -3.26. The van der Waals surface area contributed by atoms with E-state index in [0.717, 1.165) is 5.56 Å². The molecule has 0 unspecified atom stereocenters. The van der Waals surface area contributed by atoms with Crippen molar-refractivity contribution >= 4 is 22.8 Å². The highest BCUT2D eigenvalue weighted by molar-refractivity contribution is 5.97. The molecule has 122 valence electrons. The van der Waals surface area contributed by atoms with Crippen molar-refractivity contribution in [3.05, 3.63) is 64.2 Å². The van der Waals surface area contributed by atoms with Gasteiger partial charge in [0.1, 0.15) is 0 Å². The SMILES string of the molecule is Cn1c(NCc2ccncc2)nc2cc(C(=O)NO)ccc2c1=O. The molecule has 0 radical (unpaired) electrons. The van der Waals surface area contributed by atoms with E-state index in [4.69, 9.17) is 5.21 Å². The van der Waals surface area contributed by atoms with Crippen LogP contribution in [0.1, 0.15) is 15.9 Å². The Kier molecular flexibility index (Phi) is 4.21. The standard InChI is InChI=1S/C16H15N5O3/c1-21-15(23)12-3-2-11(14(22)20-24)8-13(12)19-16(21)18-9-10-4-6-17-7-5-10/h2-8,24H,9H2,1H3,(H,18,19)(H,20,22). The number of carbonyl (C=O) groups excluding carboxylic acids is 1.